The zero-order chi connectivity index (χ0) is 16.6. The van der Waals surface area contributed by atoms with Gasteiger partial charge in [-0.15, -0.1) is 0 Å². The van der Waals surface area contributed by atoms with E-state index in [1.54, 1.807) is 6.92 Å². The van der Waals surface area contributed by atoms with Crippen molar-refractivity contribution >= 4 is 28.3 Å². The molecule has 0 radical (unpaired) electrons. The maximum absolute atomic E-state index is 11.3. The van der Waals surface area contributed by atoms with Gasteiger partial charge in [-0.1, -0.05) is 40.2 Å². The highest BCUT2D eigenvalue weighted by atomic mass is 79.9. The molecule has 1 aliphatic carbocycles. The third-order valence-corrected chi connectivity index (χ3v) is 5.00. The Morgan fingerprint density at radius 1 is 1.17 bits per heavy atom. The topological polar surface area (TPSA) is 57.5 Å². The van der Waals surface area contributed by atoms with Gasteiger partial charge in [0.25, 0.3) is 0 Å². The van der Waals surface area contributed by atoms with Crippen molar-refractivity contribution in [3.63, 3.8) is 0 Å². The number of hydrogen-bond acceptors (Lipinski definition) is 3. The normalized spacial score (nSPS) is 16.7. The molecule has 1 unspecified atom stereocenters. The second-order valence-electron chi connectivity index (χ2n) is 5.80. The third-order valence-electron chi connectivity index (χ3n) is 4.47. The summed E-state index contributed by atoms with van der Waals surface area (Å²) < 4.78 is 1.03. The van der Waals surface area contributed by atoms with E-state index in [1.165, 1.54) is 0 Å². The average molecular weight is 373 g/mol. The molecular formula is C19H17BrO3. The number of halogens is 1. The number of benzene rings is 2. The molecular weight excluding hydrogens is 356 g/mol. The van der Waals surface area contributed by atoms with Crippen LogP contribution in [0.1, 0.15) is 45.0 Å². The summed E-state index contributed by atoms with van der Waals surface area (Å²) in [6, 6.07) is 8.02. The number of carbonyl (C=O) groups excluding carboxylic acids is 1. The van der Waals surface area contributed by atoms with Crippen LogP contribution in [-0.4, -0.2) is 16.5 Å². The Balaban J connectivity index is 2.00. The van der Waals surface area contributed by atoms with Gasteiger partial charge >= 0.3 is 0 Å². The van der Waals surface area contributed by atoms with E-state index in [1.807, 2.05) is 24.3 Å². The highest BCUT2D eigenvalue weighted by molar-refractivity contribution is 9.10. The standard InChI is InChI=1S/C19H17BrO3/c1-11-17-13(5-2-12-3-7-14(20)8-4-12)6-9-15(17)16(10-21)19(23)18(11)22/h2-5,7-8,10,13,22-23H,6,9H2,1H3/b5-2-. The van der Waals surface area contributed by atoms with E-state index >= 15 is 0 Å². The van der Waals surface area contributed by atoms with Crippen molar-refractivity contribution in [2.24, 2.45) is 0 Å². The smallest absolute Gasteiger partial charge is 0.168 e. The van der Waals surface area contributed by atoms with Crippen LogP contribution in [0, 0.1) is 6.92 Å². The molecule has 0 saturated carbocycles. The maximum atomic E-state index is 11.3. The molecule has 3 nitrogen and oxygen atoms in total. The molecule has 0 aliphatic heterocycles. The van der Waals surface area contributed by atoms with E-state index in [-0.39, 0.29) is 23.0 Å². The summed E-state index contributed by atoms with van der Waals surface area (Å²) in [6.07, 6.45) is 6.39. The third kappa shape index (κ3) is 2.79. The fourth-order valence-corrected chi connectivity index (χ4v) is 3.55. The summed E-state index contributed by atoms with van der Waals surface area (Å²) in [6.45, 7) is 1.79. The zero-order valence-corrected chi connectivity index (χ0v) is 14.3. The molecule has 0 saturated heterocycles. The SMILES string of the molecule is Cc1c(O)c(O)c(C=O)c2c1C(/C=C\c1ccc(Br)cc1)CC2. The molecule has 4 heteroatoms. The van der Waals surface area contributed by atoms with Gasteiger partial charge in [-0.25, -0.2) is 0 Å². The maximum Gasteiger partial charge on any atom is 0.168 e. The Bertz CT molecular complexity index is 791. The van der Waals surface area contributed by atoms with Crippen molar-refractivity contribution in [2.45, 2.75) is 25.7 Å². The Labute approximate surface area is 143 Å². The molecule has 0 amide bonds. The number of phenols is 2. The number of allylic oxidation sites excluding steroid dienone is 1. The molecule has 2 aromatic rings. The van der Waals surface area contributed by atoms with Gasteiger partial charge in [0.15, 0.2) is 17.8 Å². The van der Waals surface area contributed by atoms with Crippen LogP contribution in [0.2, 0.25) is 0 Å². The lowest BCUT2D eigenvalue weighted by Gasteiger charge is -2.15. The van der Waals surface area contributed by atoms with Crippen LogP contribution < -0.4 is 0 Å². The highest BCUT2D eigenvalue weighted by Crippen LogP contribution is 2.46. The summed E-state index contributed by atoms with van der Waals surface area (Å²) in [5.41, 5.74) is 3.81. The number of hydrogen-bond donors (Lipinski definition) is 2. The minimum absolute atomic E-state index is 0.138. The lowest BCUT2D eigenvalue weighted by atomic mass is 9.92. The van der Waals surface area contributed by atoms with Crippen molar-refractivity contribution in [2.75, 3.05) is 0 Å². The monoisotopic (exact) mass is 372 g/mol. The molecule has 0 fully saturated rings. The van der Waals surface area contributed by atoms with Crippen LogP contribution >= 0.6 is 15.9 Å². The lowest BCUT2D eigenvalue weighted by Crippen LogP contribution is -1.98. The molecule has 23 heavy (non-hydrogen) atoms. The number of carbonyl (C=O) groups is 1. The summed E-state index contributed by atoms with van der Waals surface area (Å²) in [4.78, 5) is 11.3. The van der Waals surface area contributed by atoms with Crippen molar-refractivity contribution in [3.8, 4) is 11.5 Å². The molecule has 3 rings (SSSR count). The molecule has 0 bridgehead atoms. The number of aromatic hydroxyl groups is 2. The highest BCUT2D eigenvalue weighted by Gasteiger charge is 2.29. The van der Waals surface area contributed by atoms with Gasteiger partial charge in [-0.3, -0.25) is 4.79 Å². The van der Waals surface area contributed by atoms with E-state index in [2.05, 4.69) is 28.1 Å². The first-order valence-corrected chi connectivity index (χ1v) is 8.28. The van der Waals surface area contributed by atoms with Crippen LogP contribution in [-0.2, 0) is 6.42 Å². The Morgan fingerprint density at radius 3 is 2.52 bits per heavy atom. The number of rotatable bonds is 3. The van der Waals surface area contributed by atoms with Gasteiger partial charge in [0.2, 0.25) is 0 Å². The van der Waals surface area contributed by atoms with Crippen LogP contribution in [0.3, 0.4) is 0 Å². The molecule has 1 atom stereocenters. The van der Waals surface area contributed by atoms with Gasteiger partial charge < -0.3 is 10.2 Å². The molecule has 0 aromatic heterocycles. The number of phenolic OH excluding ortho intramolecular Hbond substituents is 2. The molecule has 2 aromatic carbocycles. The largest absolute Gasteiger partial charge is 0.504 e. The quantitative estimate of drug-likeness (QED) is 0.604. The van der Waals surface area contributed by atoms with Gasteiger partial charge in [0.05, 0.1) is 5.56 Å². The van der Waals surface area contributed by atoms with E-state index in [4.69, 9.17) is 0 Å². The van der Waals surface area contributed by atoms with Crippen LogP contribution in [0.15, 0.2) is 34.8 Å². The summed E-state index contributed by atoms with van der Waals surface area (Å²) in [5.74, 6) is -0.345. The van der Waals surface area contributed by atoms with Crippen LogP contribution in [0.25, 0.3) is 6.08 Å². The van der Waals surface area contributed by atoms with Gasteiger partial charge in [-0.05, 0) is 54.2 Å². The summed E-state index contributed by atoms with van der Waals surface area (Å²) >= 11 is 3.42. The second-order valence-corrected chi connectivity index (χ2v) is 6.72. The average Bonchev–Trinajstić information content (AvgIpc) is 2.96. The zero-order valence-electron chi connectivity index (χ0n) is 12.7. The Kier molecular flexibility index (Phi) is 4.26. The molecule has 0 spiro atoms. The van der Waals surface area contributed by atoms with E-state index in [0.717, 1.165) is 34.0 Å². The fraction of sp³-hybridized carbons (Fsp3) is 0.211. The molecule has 118 valence electrons. The predicted octanol–water partition coefficient (Wildman–Crippen LogP) is 4.72. The van der Waals surface area contributed by atoms with E-state index in [0.29, 0.717) is 11.8 Å². The van der Waals surface area contributed by atoms with Crippen LogP contribution in [0.5, 0.6) is 11.5 Å². The van der Waals surface area contributed by atoms with Crippen molar-refractivity contribution in [1.29, 1.82) is 0 Å². The van der Waals surface area contributed by atoms with Crippen molar-refractivity contribution in [3.05, 3.63) is 62.6 Å². The minimum Gasteiger partial charge on any atom is -0.504 e. The number of aldehydes is 1. The first kappa shape index (κ1) is 15.8. The first-order chi connectivity index (χ1) is 11.0. The van der Waals surface area contributed by atoms with Gasteiger partial charge in [0, 0.05) is 10.4 Å². The Hall–Kier alpha value is -2.07. The molecule has 2 N–H and O–H groups in total. The van der Waals surface area contributed by atoms with Crippen molar-refractivity contribution in [1.82, 2.24) is 0 Å². The van der Waals surface area contributed by atoms with Gasteiger partial charge in [-0.2, -0.15) is 0 Å². The van der Waals surface area contributed by atoms with Gasteiger partial charge in [0.1, 0.15) is 0 Å². The second kappa shape index (κ2) is 6.20. The fourth-order valence-electron chi connectivity index (χ4n) is 3.28. The Morgan fingerprint density at radius 2 is 1.87 bits per heavy atom. The summed E-state index contributed by atoms with van der Waals surface area (Å²) in [7, 11) is 0. The minimum atomic E-state index is -0.297. The van der Waals surface area contributed by atoms with Crippen LogP contribution in [0.4, 0.5) is 0 Å². The molecule has 1 aliphatic rings. The first-order valence-electron chi connectivity index (χ1n) is 7.49. The predicted molar refractivity (Wildman–Crippen MR) is 94.1 cm³/mol. The number of fused-ring (bicyclic) bond motifs is 1. The lowest BCUT2D eigenvalue weighted by molar-refractivity contribution is 0.111. The van der Waals surface area contributed by atoms with E-state index < -0.39 is 0 Å². The summed E-state index contributed by atoms with van der Waals surface area (Å²) in [5, 5.41) is 20.0. The van der Waals surface area contributed by atoms with E-state index in [9.17, 15) is 15.0 Å². The molecule has 0 heterocycles. The van der Waals surface area contributed by atoms with Crippen molar-refractivity contribution < 1.29 is 15.0 Å².